The summed E-state index contributed by atoms with van der Waals surface area (Å²) in [6.45, 7) is 0. The second kappa shape index (κ2) is 7.76. The van der Waals surface area contributed by atoms with Gasteiger partial charge < -0.3 is 20.9 Å². The van der Waals surface area contributed by atoms with Gasteiger partial charge in [-0.05, 0) is 83.9 Å². The minimum Gasteiger partial charge on any atom is -0.457 e. The molecule has 4 N–H and O–H groups in total. The zero-order chi connectivity index (χ0) is 19.3. The number of ether oxygens (including phenoxy) is 2. The third kappa shape index (κ3) is 4.24. The Hall–Kier alpha value is -3.92. The molecule has 4 rings (SSSR count). The van der Waals surface area contributed by atoms with Gasteiger partial charge in [0, 0.05) is 11.4 Å². The van der Waals surface area contributed by atoms with Gasteiger partial charge >= 0.3 is 0 Å². The zero-order valence-corrected chi connectivity index (χ0v) is 15.2. The van der Waals surface area contributed by atoms with Gasteiger partial charge in [0.15, 0.2) is 0 Å². The van der Waals surface area contributed by atoms with Gasteiger partial charge in [-0.1, -0.05) is 24.3 Å². The smallest absolute Gasteiger partial charge is 0.128 e. The average molecular weight is 368 g/mol. The molecule has 0 saturated carbocycles. The first kappa shape index (κ1) is 17.5. The van der Waals surface area contributed by atoms with Gasteiger partial charge in [0.2, 0.25) is 0 Å². The molecule has 0 unspecified atom stereocenters. The van der Waals surface area contributed by atoms with Crippen LogP contribution in [0.1, 0.15) is 0 Å². The maximum Gasteiger partial charge on any atom is 0.128 e. The van der Waals surface area contributed by atoms with Crippen LogP contribution in [0.2, 0.25) is 0 Å². The van der Waals surface area contributed by atoms with E-state index in [-0.39, 0.29) is 0 Å². The first-order chi connectivity index (χ1) is 13.7. The normalized spacial score (nSPS) is 10.4. The number of nitrogens with two attached hydrogens (primary N) is 2. The lowest BCUT2D eigenvalue weighted by atomic mass is 10.1. The molecule has 138 valence electrons. The molecule has 0 spiro atoms. The molecule has 0 aromatic heterocycles. The largest absolute Gasteiger partial charge is 0.457 e. The van der Waals surface area contributed by atoms with Crippen molar-refractivity contribution in [3.05, 3.63) is 97.1 Å². The number of hydrogen-bond donors (Lipinski definition) is 2. The fraction of sp³-hybridized carbons (Fsp3) is 0. The molecule has 0 aliphatic heterocycles. The summed E-state index contributed by atoms with van der Waals surface area (Å²) in [6, 6.07) is 30.6. The number of benzene rings is 4. The Balaban J connectivity index is 1.49. The van der Waals surface area contributed by atoms with Crippen LogP contribution < -0.4 is 20.9 Å². The van der Waals surface area contributed by atoms with Gasteiger partial charge in [0.1, 0.15) is 23.0 Å². The monoisotopic (exact) mass is 368 g/mol. The minimum absolute atomic E-state index is 0.711. The Bertz CT molecular complexity index is 1060. The van der Waals surface area contributed by atoms with Gasteiger partial charge in [-0.15, -0.1) is 0 Å². The Morgan fingerprint density at radius 1 is 0.429 bits per heavy atom. The molecule has 0 aliphatic rings. The van der Waals surface area contributed by atoms with Crippen LogP contribution in [-0.2, 0) is 0 Å². The van der Waals surface area contributed by atoms with E-state index in [1.165, 1.54) is 0 Å². The highest BCUT2D eigenvalue weighted by molar-refractivity contribution is 5.66. The van der Waals surface area contributed by atoms with Crippen LogP contribution in [0.15, 0.2) is 97.1 Å². The van der Waals surface area contributed by atoms with Gasteiger partial charge in [-0.25, -0.2) is 0 Å². The van der Waals surface area contributed by atoms with Crippen molar-refractivity contribution in [1.82, 2.24) is 0 Å². The van der Waals surface area contributed by atoms with Crippen molar-refractivity contribution in [3.63, 3.8) is 0 Å². The fourth-order valence-corrected chi connectivity index (χ4v) is 2.80. The van der Waals surface area contributed by atoms with Crippen LogP contribution in [-0.4, -0.2) is 0 Å². The maximum absolute atomic E-state index is 5.92. The highest BCUT2D eigenvalue weighted by atomic mass is 16.5. The first-order valence-corrected chi connectivity index (χ1v) is 8.93. The van der Waals surface area contributed by atoms with Crippen LogP contribution in [0, 0.1) is 0 Å². The number of nitrogen functional groups attached to an aromatic ring is 2. The average Bonchev–Trinajstić information content (AvgIpc) is 2.72. The summed E-state index contributed by atoms with van der Waals surface area (Å²) in [7, 11) is 0. The molecule has 0 amide bonds. The summed E-state index contributed by atoms with van der Waals surface area (Å²) >= 11 is 0. The van der Waals surface area contributed by atoms with Crippen molar-refractivity contribution >= 4 is 11.4 Å². The Kier molecular flexibility index (Phi) is 4.85. The molecule has 0 heterocycles. The molecule has 4 nitrogen and oxygen atoms in total. The van der Waals surface area contributed by atoms with Crippen molar-refractivity contribution in [2.75, 3.05) is 11.5 Å². The van der Waals surface area contributed by atoms with Crippen molar-refractivity contribution in [3.8, 4) is 34.1 Å². The zero-order valence-electron chi connectivity index (χ0n) is 15.2. The van der Waals surface area contributed by atoms with E-state index in [4.69, 9.17) is 20.9 Å². The SMILES string of the molecule is Nc1ccc(Oc2ccc(-c3cccc(Oc4ccc(N)cc4)c3)cc2)cc1. The van der Waals surface area contributed by atoms with Gasteiger partial charge in [-0.2, -0.15) is 0 Å². The molecule has 4 heteroatoms. The predicted octanol–water partition coefficient (Wildman–Crippen LogP) is 6.10. The molecule has 0 aliphatic carbocycles. The second-order valence-electron chi connectivity index (χ2n) is 6.39. The summed E-state index contributed by atoms with van der Waals surface area (Å²) in [5.41, 5.74) is 15.0. The van der Waals surface area contributed by atoms with Crippen LogP contribution >= 0.6 is 0 Å². The van der Waals surface area contributed by atoms with Crippen molar-refractivity contribution < 1.29 is 9.47 Å². The number of hydrogen-bond acceptors (Lipinski definition) is 4. The fourth-order valence-electron chi connectivity index (χ4n) is 2.80. The quantitative estimate of drug-likeness (QED) is 0.417. The topological polar surface area (TPSA) is 70.5 Å². The highest BCUT2D eigenvalue weighted by Crippen LogP contribution is 2.30. The molecule has 0 bridgehead atoms. The van der Waals surface area contributed by atoms with Gasteiger partial charge in [0.05, 0.1) is 0 Å². The second-order valence-corrected chi connectivity index (χ2v) is 6.39. The van der Waals surface area contributed by atoms with E-state index in [9.17, 15) is 0 Å². The Labute approximate surface area is 164 Å². The lowest BCUT2D eigenvalue weighted by Crippen LogP contribution is -1.88. The lowest BCUT2D eigenvalue weighted by molar-refractivity contribution is 0.483. The van der Waals surface area contributed by atoms with Crippen molar-refractivity contribution in [2.45, 2.75) is 0 Å². The van der Waals surface area contributed by atoms with Crippen LogP contribution in [0.25, 0.3) is 11.1 Å². The van der Waals surface area contributed by atoms with Crippen molar-refractivity contribution in [2.24, 2.45) is 0 Å². The summed E-state index contributed by atoms with van der Waals surface area (Å²) in [6.07, 6.45) is 0. The molecule has 28 heavy (non-hydrogen) atoms. The molecule has 4 aromatic rings. The van der Waals surface area contributed by atoms with Crippen LogP contribution in [0.4, 0.5) is 11.4 Å². The van der Waals surface area contributed by atoms with Gasteiger partial charge in [-0.3, -0.25) is 0 Å². The molecule has 0 radical (unpaired) electrons. The molecule has 0 fully saturated rings. The van der Waals surface area contributed by atoms with Crippen LogP contribution in [0.3, 0.4) is 0 Å². The van der Waals surface area contributed by atoms with E-state index in [1.54, 1.807) is 0 Å². The summed E-state index contributed by atoms with van der Waals surface area (Å²) in [4.78, 5) is 0. The summed E-state index contributed by atoms with van der Waals surface area (Å²) < 4.78 is 11.8. The maximum atomic E-state index is 5.92. The van der Waals surface area contributed by atoms with E-state index in [0.29, 0.717) is 11.4 Å². The molecule has 0 atom stereocenters. The van der Waals surface area contributed by atoms with Crippen LogP contribution in [0.5, 0.6) is 23.0 Å². The third-order valence-electron chi connectivity index (χ3n) is 4.25. The number of anilines is 2. The third-order valence-corrected chi connectivity index (χ3v) is 4.25. The van der Waals surface area contributed by atoms with E-state index < -0.39 is 0 Å². The van der Waals surface area contributed by atoms with E-state index >= 15 is 0 Å². The molecule has 4 aromatic carbocycles. The first-order valence-electron chi connectivity index (χ1n) is 8.93. The minimum atomic E-state index is 0.711. The molecular weight excluding hydrogens is 348 g/mol. The Morgan fingerprint density at radius 3 is 1.43 bits per heavy atom. The van der Waals surface area contributed by atoms with E-state index in [0.717, 1.165) is 34.1 Å². The van der Waals surface area contributed by atoms with Crippen molar-refractivity contribution in [1.29, 1.82) is 0 Å². The summed E-state index contributed by atoms with van der Waals surface area (Å²) in [5, 5.41) is 0. The van der Waals surface area contributed by atoms with Gasteiger partial charge in [0.25, 0.3) is 0 Å². The highest BCUT2D eigenvalue weighted by Gasteiger charge is 2.03. The Morgan fingerprint density at radius 2 is 0.893 bits per heavy atom. The summed E-state index contributed by atoms with van der Waals surface area (Å²) in [5.74, 6) is 3.03. The molecule has 0 saturated heterocycles. The van der Waals surface area contributed by atoms with E-state index in [2.05, 4.69) is 0 Å². The number of rotatable bonds is 5. The standard InChI is InChI=1S/C24H20N2O2/c25-19-6-12-22(13-7-19)27-21-10-4-17(5-11-21)18-2-1-3-24(16-18)28-23-14-8-20(26)9-15-23/h1-16H,25-26H2. The lowest BCUT2D eigenvalue weighted by Gasteiger charge is -2.09. The predicted molar refractivity (Wildman–Crippen MR) is 114 cm³/mol. The van der Waals surface area contributed by atoms with E-state index in [1.807, 2.05) is 97.1 Å². The molecular formula is C24H20N2O2.